The maximum Gasteiger partial charge on any atom is 0.410 e. The maximum absolute atomic E-state index is 11.4. The highest BCUT2D eigenvalue weighted by molar-refractivity contribution is 7.89. The minimum absolute atomic E-state index is 0.0181. The SMILES string of the molecule is CC1CCC(n2cc(S(N)(=O)=O)c([N+](=O)[O-])n2)CC1C. The number of nitrogens with two attached hydrogens (primary N) is 1. The Kier molecular flexibility index (Phi) is 3.83. The van der Waals surface area contributed by atoms with Gasteiger partial charge in [-0.3, -0.25) is 0 Å². The summed E-state index contributed by atoms with van der Waals surface area (Å²) < 4.78 is 24.2. The molecule has 1 heterocycles. The molecule has 8 nitrogen and oxygen atoms in total. The first-order valence-corrected chi connectivity index (χ1v) is 8.01. The third-order valence-electron chi connectivity index (χ3n) is 4.10. The fraction of sp³-hybridized carbons (Fsp3) is 0.727. The molecule has 1 aromatic rings. The van der Waals surface area contributed by atoms with E-state index in [9.17, 15) is 18.5 Å². The molecule has 20 heavy (non-hydrogen) atoms. The van der Waals surface area contributed by atoms with Gasteiger partial charge in [-0.2, -0.15) is 4.68 Å². The van der Waals surface area contributed by atoms with Crippen molar-refractivity contribution in [3.05, 3.63) is 16.3 Å². The summed E-state index contributed by atoms with van der Waals surface area (Å²) in [6, 6.07) is -0.0181. The van der Waals surface area contributed by atoms with E-state index < -0.39 is 25.7 Å². The summed E-state index contributed by atoms with van der Waals surface area (Å²) in [5.41, 5.74) is 0. The predicted molar refractivity (Wildman–Crippen MR) is 71.5 cm³/mol. The van der Waals surface area contributed by atoms with Crippen molar-refractivity contribution < 1.29 is 13.3 Å². The molecule has 0 spiro atoms. The number of aromatic nitrogens is 2. The molecule has 0 aromatic carbocycles. The summed E-state index contributed by atoms with van der Waals surface area (Å²) in [5.74, 6) is 0.364. The van der Waals surface area contributed by atoms with E-state index in [1.54, 1.807) is 0 Å². The van der Waals surface area contributed by atoms with Gasteiger partial charge in [0.2, 0.25) is 14.9 Å². The van der Waals surface area contributed by atoms with E-state index in [1.807, 2.05) is 0 Å². The number of hydrogen-bond donors (Lipinski definition) is 1. The van der Waals surface area contributed by atoms with Crippen LogP contribution in [0.4, 0.5) is 5.82 Å². The van der Waals surface area contributed by atoms with Crippen LogP contribution in [0.2, 0.25) is 0 Å². The van der Waals surface area contributed by atoms with Gasteiger partial charge in [0.25, 0.3) is 0 Å². The lowest BCUT2D eigenvalue weighted by Crippen LogP contribution is -2.23. The molecule has 9 heteroatoms. The average molecular weight is 302 g/mol. The molecule has 0 bridgehead atoms. The van der Waals surface area contributed by atoms with E-state index in [4.69, 9.17) is 5.14 Å². The van der Waals surface area contributed by atoms with Gasteiger partial charge in [-0.15, -0.1) is 0 Å². The van der Waals surface area contributed by atoms with Gasteiger partial charge >= 0.3 is 5.82 Å². The van der Waals surface area contributed by atoms with Gasteiger partial charge in [-0.05, 0) is 36.0 Å². The minimum atomic E-state index is -4.15. The third-order valence-corrected chi connectivity index (χ3v) is 5.01. The summed E-state index contributed by atoms with van der Waals surface area (Å²) in [7, 11) is -4.15. The summed E-state index contributed by atoms with van der Waals surface area (Å²) >= 11 is 0. The Balaban J connectivity index is 2.37. The number of nitrogens with zero attached hydrogens (tertiary/aromatic N) is 3. The molecule has 2 rings (SSSR count). The van der Waals surface area contributed by atoms with Gasteiger partial charge in [0.05, 0.1) is 17.3 Å². The van der Waals surface area contributed by atoms with Crippen molar-refractivity contribution in [2.24, 2.45) is 17.0 Å². The number of rotatable bonds is 3. The zero-order chi connectivity index (χ0) is 15.1. The van der Waals surface area contributed by atoms with E-state index in [0.717, 1.165) is 19.3 Å². The summed E-state index contributed by atoms with van der Waals surface area (Å²) in [4.78, 5) is 9.56. The van der Waals surface area contributed by atoms with Crippen LogP contribution in [0.5, 0.6) is 0 Å². The molecule has 1 aliphatic carbocycles. The standard InChI is InChI=1S/C11H18N4O4S/c1-7-3-4-9(5-8(7)2)14-6-10(20(12,18)19)11(13-14)15(16)17/h6-9H,3-5H2,1-2H3,(H2,12,18,19). The normalized spacial score (nSPS) is 27.4. The Labute approximate surface area is 117 Å². The topological polar surface area (TPSA) is 121 Å². The Hall–Kier alpha value is -1.48. The van der Waals surface area contributed by atoms with Crippen LogP contribution in [-0.4, -0.2) is 23.1 Å². The van der Waals surface area contributed by atoms with Gasteiger partial charge in [0.1, 0.15) is 0 Å². The molecule has 0 aliphatic heterocycles. The van der Waals surface area contributed by atoms with Crippen molar-refractivity contribution in [2.45, 2.75) is 44.0 Å². The number of primary sulfonamides is 1. The van der Waals surface area contributed by atoms with Crippen LogP contribution in [0.1, 0.15) is 39.2 Å². The van der Waals surface area contributed by atoms with Gasteiger partial charge in [-0.1, -0.05) is 13.8 Å². The quantitative estimate of drug-likeness (QED) is 0.668. The zero-order valence-electron chi connectivity index (χ0n) is 11.4. The summed E-state index contributed by atoms with van der Waals surface area (Å²) in [6.07, 6.45) is 3.82. The van der Waals surface area contributed by atoms with Crippen LogP contribution < -0.4 is 5.14 Å². The predicted octanol–water partition coefficient (Wildman–Crippen LogP) is 1.44. The van der Waals surface area contributed by atoms with Gasteiger partial charge in [0, 0.05) is 0 Å². The second-order valence-corrected chi connectivity index (χ2v) is 7.05. The number of nitro groups is 1. The largest absolute Gasteiger partial charge is 0.410 e. The second-order valence-electron chi connectivity index (χ2n) is 5.52. The lowest BCUT2D eigenvalue weighted by atomic mass is 9.79. The van der Waals surface area contributed by atoms with Crippen molar-refractivity contribution in [3.8, 4) is 0 Å². The molecular weight excluding hydrogens is 284 g/mol. The van der Waals surface area contributed by atoms with Crippen LogP contribution in [0.25, 0.3) is 0 Å². The fourth-order valence-corrected chi connectivity index (χ4v) is 3.26. The molecule has 1 aromatic heterocycles. The smallest absolute Gasteiger partial charge is 0.358 e. The van der Waals surface area contributed by atoms with Gasteiger partial charge in [-0.25, -0.2) is 13.6 Å². The van der Waals surface area contributed by atoms with Crippen molar-refractivity contribution in [1.82, 2.24) is 9.78 Å². The molecule has 0 saturated heterocycles. The first-order chi connectivity index (χ1) is 9.20. The van der Waals surface area contributed by atoms with E-state index in [0.29, 0.717) is 11.8 Å². The molecule has 1 fully saturated rings. The summed E-state index contributed by atoms with van der Waals surface area (Å²) in [6.45, 7) is 4.29. The summed E-state index contributed by atoms with van der Waals surface area (Å²) in [5, 5.41) is 19.7. The molecule has 1 aliphatic rings. The molecular formula is C11H18N4O4S. The van der Waals surface area contributed by atoms with Crippen molar-refractivity contribution in [3.63, 3.8) is 0 Å². The van der Waals surface area contributed by atoms with Crippen LogP contribution in [0, 0.1) is 22.0 Å². The molecule has 0 radical (unpaired) electrons. The first-order valence-electron chi connectivity index (χ1n) is 6.46. The first kappa shape index (κ1) is 14.9. The number of sulfonamides is 1. The average Bonchev–Trinajstić information content (AvgIpc) is 2.77. The van der Waals surface area contributed by atoms with E-state index in [1.165, 1.54) is 10.9 Å². The highest BCUT2D eigenvalue weighted by Gasteiger charge is 2.33. The van der Waals surface area contributed by atoms with E-state index in [2.05, 4.69) is 18.9 Å². The highest BCUT2D eigenvalue weighted by Crippen LogP contribution is 2.37. The Morgan fingerprint density at radius 3 is 2.50 bits per heavy atom. The van der Waals surface area contributed by atoms with Crippen LogP contribution in [-0.2, 0) is 10.0 Å². The second kappa shape index (κ2) is 5.13. The Morgan fingerprint density at radius 2 is 2.05 bits per heavy atom. The Morgan fingerprint density at radius 1 is 1.40 bits per heavy atom. The van der Waals surface area contributed by atoms with E-state index >= 15 is 0 Å². The lowest BCUT2D eigenvalue weighted by molar-refractivity contribution is -0.392. The maximum atomic E-state index is 11.4. The van der Waals surface area contributed by atoms with Crippen molar-refractivity contribution in [2.75, 3.05) is 0 Å². The molecule has 112 valence electrons. The Bertz CT molecular complexity index is 624. The molecule has 1 saturated carbocycles. The molecule has 2 N–H and O–H groups in total. The van der Waals surface area contributed by atoms with Crippen molar-refractivity contribution >= 4 is 15.8 Å². The van der Waals surface area contributed by atoms with E-state index in [-0.39, 0.29) is 6.04 Å². The van der Waals surface area contributed by atoms with Crippen LogP contribution >= 0.6 is 0 Å². The zero-order valence-corrected chi connectivity index (χ0v) is 12.2. The van der Waals surface area contributed by atoms with Gasteiger partial charge in [0.15, 0.2) is 0 Å². The van der Waals surface area contributed by atoms with Crippen molar-refractivity contribution in [1.29, 1.82) is 0 Å². The molecule has 3 unspecified atom stereocenters. The van der Waals surface area contributed by atoms with Gasteiger partial charge < -0.3 is 10.1 Å². The fourth-order valence-electron chi connectivity index (χ4n) is 2.64. The number of hydrogen-bond acceptors (Lipinski definition) is 5. The molecule has 0 amide bonds. The molecule has 3 atom stereocenters. The third kappa shape index (κ3) is 2.83. The minimum Gasteiger partial charge on any atom is -0.358 e. The highest BCUT2D eigenvalue weighted by atomic mass is 32.2. The monoisotopic (exact) mass is 302 g/mol. The van der Waals surface area contributed by atoms with Crippen LogP contribution in [0.3, 0.4) is 0 Å². The van der Waals surface area contributed by atoms with Crippen LogP contribution in [0.15, 0.2) is 11.1 Å². The lowest BCUT2D eigenvalue weighted by Gasteiger charge is -2.30.